The summed E-state index contributed by atoms with van der Waals surface area (Å²) in [5, 5.41) is 0. The summed E-state index contributed by atoms with van der Waals surface area (Å²) in [6.45, 7) is 0.900. The van der Waals surface area contributed by atoms with Crippen LogP contribution in [0.5, 0.6) is 0 Å². The lowest BCUT2D eigenvalue weighted by atomic mass is 10.5. The van der Waals surface area contributed by atoms with Crippen molar-refractivity contribution in [2.75, 3.05) is 19.8 Å². The molecule has 0 atom stereocenters. The lowest BCUT2D eigenvalue weighted by molar-refractivity contribution is 0.0731. The van der Waals surface area contributed by atoms with Crippen LogP contribution in [0.3, 0.4) is 0 Å². The van der Waals surface area contributed by atoms with E-state index in [9.17, 15) is 14.2 Å². The van der Waals surface area contributed by atoms with Gasteiger partial charge in [0.1, 0.15) is 0 Å². The quantitative estimate of drug-likeness (QED) is 0.718. The maximum absolute atomic E-state index is 12.3. The van der Waals surface area contributed by atoms with E-state index in [1.807, 2.05) is 0 Å². The molecule has 0 aliphatic carbocycles. The maximum atomic E-state index is 12.3. The summed E-state index contributed by atoms with van der Waals surface area (Å²) in [5.74, 6) is 0. The van der Waals surface area contributed by atoms with Crippen LogP contribution in [-0.4, -0.2) is 38.5 Å². The normalized spacial score (nSPS) is 17.7. The molecule has 0 spiro atoms. The standard InChI is InChI=1S/C12H17N4O6P/c1-14-10-9(11(17)15(2)12(14)18)16(8-13-10)4-7-22-23(19)20-5-3-6-21-23/h8H,3-7H2,1-2H3. The van der Waals surface area contributed by atoms with Gasteiger partial charge in [-0.2, -0.15) is 0 Å². The van der Waals surface area contributed by atoms with Gasteiger partial charge in [0.15, 0.2) is 11.2 Å². The minimum absolute atomic E-state index is 0.0226. The number of hydrogen-bond acceptors (Lipinski definition) is 7. The fourth-order valence-electron chi connectivity index (χ4n) is 2.34. The van der Waals surface area contributed by atoms with Gasteiger partial charge in [-0.25, -0.2) is 14.3 Å². The molecule has 2 aromatic heterocycles. The minimum Gasteiger partial charge on any atom is -0.322 e. The van der Waals surface area contributed by atoms with Crippen LogP contribution in [0.4, 0.5) is 0 Å². The first kappa shape index (κ1) is 16.1. The Labute approximate surface area is 130 Å². The Morgan fingerprint density at radius 3 is 2.65 bits per heavy atom. The summed E-state index contributed by atoms with van der Waals surface area (Å²) in [5.41, 5.74) is -0.327. The molecule has 0 saturated carbocycles. The zero-order valence-corrected chi connectivity index (χ0v) is 13.7. The van der Waals surface area contributed by atoms with E-state index in [2.05, 4.69) is 4.98 Å². The number of aryl methyl sites for hydroxylation is 1. The van der Waals surface area contributed by atoms with E-state index < -0.39 is 19.1 Å². The van der Waals surface area contributed by atoms with Gasteiger partial charge in [-0.15, -0.1) is 0 Å². The predicted molar refractivity (Wildman–Crippen MR) is 80.3 cm³/mol. The second-order valence-corrected chi connectivity index (χ2v) is 6.79. The molecular weight excluding hydrogens is 327 g/mol. The highest BCUT2D eigenvalue weighted by Crippen LogP contribution is 2.51. The summed E-state index contributed by atoms with van der Waals surface area (Å²) >= 11 is 0. The molecule has 2 aromatic rings. The highest BCUT2D eigenvalue weighted by molar-refractivity contribution is 7.48. The first-order valence-corrected chi connectivity index (χ1v) is 8.53. The number of hydrogen-bond donors (Lipinski definition) is 0. The Morgan fingerprint density at radius 1 is 1.26 bits per heavy atom. The van der Waals surface area contributed by atoms with E-state index in [0.29, 0.717) is 19.6 Å². The van der Waals surface area contributed by atoms with Crippen LogP contribution in [0.25, 0.3) is 11.2 Å². The Balaban J connectivity index is 1.83. The topological polar surface area (TPSA) is 107 Å². The van der Waals surface area contributed by atoms with Gasteiger partial charge in [0.05, 0.1) is 26.1 Å². The van der Waals surface area contributed by atoms with E-state index in [0.717, 1.165) is 4.57 Å². The van der Waals surface area contributed by atoms with E-state index in [-0.39, 0.29) is 24.3 Å². The molecule has 1 aliphatic rings. The van der Waals surface area contributed by atoms with Crippen molar-refractivity contribution >= 4 is 19.0 Å². The van der Waals surface area contributed by atoms with Crippen molar-refractivity contribution in [3.8, 4) is 0 Å². The van der Waals surface area contributed by atoms with Crippen molar-refractivity contribution in [1.82, 2.24) is 18.7 Å². The SMILES string of the molecule is Cn1c(=O)c2c(ncn2CCOP2(=O)OCCCO2)n(C)c1=O. The predicted octanol–water partition coefficient (Wildman–Crippen LogP) is -0.00470. The molecule has 3 rings (SSSR count). The van der Waals surface area contributed by atoms with Gasteiger partial charge in [-0.3, -0.25) is 27.5 Å². The first-order chi connectivity index (χ1) is 10.9. The Morgan fingerprint density at radius 2 is 1.96 bits per heavy atom. The molecule has 1 aliphatic heterocycles. The number of phosphoric acid groups is 1. The third kappa shape index (κ3) is 2.90. The molecule has 23 heavy (non-hydrogen) atoms. The second kappa shape index (κ2) is 6.04. The molecule has 126 valence electrons. The molecule has 0 aromatic carbocycles. The van der Waals surface area contributed by atoms with Crippen LogP contribution in [0.1, 0.15) is 6.42 Å². The van der Waals surface area contributed by atoms with E-state index in [1.54, 1.807) is 11.6 Å². The Kier molecular flexibility index (Phi) is 4.24. The molecule has 1 saturated heterocycles. The van der Waals surface area contributed by atoms with Crippen molar-refractivity contribution in [2.24, 2.45) is 14.1 Å². The third-order valence-electron chi connectivity index (χ3n) is 3.59. The molecule has 0 radical (unpaired) electrons. The van der Waals surface area contributed by atoms with Crippen LogP contribution in [0.15, 0.2) is 15.9 Å². The number of nitrogens with zero attached hydrogens (tertiary/aromatic N) is 4. The monoisotopic (exact) mass is 344 g/mol. The average Bonchev–Trinajstić information content (AvgIpc) is 2.95. The Bertz CT molecular complexity index is 887. The molecule has 0 unspecified atom stereocenters. The van der Waals surface area contributed by atoms with Gasteiger partial charge < -0.3 is 4.57 Å². The fourth-order valence-corrected chi connectivity index (χ4v) is 3.58. The molecule has 0 amide bonds. The molecule has 3 heterocycles. The second-order valence-electron chi connectivity index (χ2n) is 5.12. The summed E-state index contributed by atoms with van der Waals surface area (Å²) in [4.78, 5) is 28.2. The summed E-state index contributed by atoms with van der Waals surface area (Å²) in [6.07, 6.45) is 2.11. The number of imidazole rings is 1. The van der Waals surface area contributed by atoms with Crippen molar-refractivity contribution in [2.45, 2.75) is 13.0 Å². The van der Waals surface area contributed by atoms with Gasteiger partial charge in [0, 0.05) is 20.6 Å². The van der Waals surface area contributed by atoms with Gasteiger partial charge in [-0.1, -0.05) is 0 Å². The van der Waals surface area contributed by atoms with Gasteiger partial charge >= 0.3 is 13.5 Å². The lowest BCUT2D eigenvalue weighted by Crippen LogP contribution is -2.37. The van der Waals surface area contributed by atoms with E-state index in [4.69, 9.17) is 13.6 Å². The largest absolute Gasteiger partial charge is 0.474 e. The summed E-state index contributed by atoms with van der Waals surface area (Å²) in [7, 11) is -0.559. The van der Waals surface area contributed by atoms with Crippen molar-refractivity contribution in [1.29, 1.82) is 0 Å². The number of phosphoric ester groups is 1. The van der Waals surface area contributed by atoms with Crippen LogP contribution in [0, 0.1) is 0 Å². The molecule has 0 N–H and O–H groups in total. The van der Waals surface area contributed by atoms with Gasteiger partial charge in [0.25, 0.3) is 5.56 Å². The van der Waals surface area contributed by atoms with Crippen molar-refractivity contribution < 1.29 is 18.1 Å². The number of fused-ring (bicyclic) bond motifs is 1. The van der Waals surface area contributed by atoms with Crippen LogP contribution in [-0.2, 0) is 38.8 Å². The van der Waals surface area contributed by atoms with Gasteiger partial charge in [-0.05, 0) is 6.42 Å². The first-order valence-electron chi connectivity index (χ1n) is 7.07. The van der Waals surface area contributed by atoms with Crippen LogP contribution >= 0.6 is 7.82 Å². The smallest absolute Gasteiger partial charge is 0.322 e. The maximum Gasteiger partial charge on any atom is 0.474 e. The molecular formula is C12H17N4O6P. The molecule has 11 heteroatoms. The zero-order valence-electron chi connectivity index (χ0n) is 12.8. The van der Waals surface area contributed by atoms with Crippen molar-refractivity contribution in [3.63, 3.8) is 0 Å². The summed E-state index contributed by atoms with van der Waals surface area (Å²) < 4.78 is 31.1. The number of aromatic nitrogens is 4. The Hall–Kier alpha value is -1.74. The van der Waals surface area contributed by atoms with Gasteiger partial charge in [0.2, 0.25) is 0 Å². The zero-order chi connectivity index (χ0) is 16.6. The molecule has 1 fully saturated rings. The van der Waals surface area contributed by atoms with Crippen molar-refractivity contribution in [3.05, 3.63) is 27.2 Å². The fraction of sp³-hybridized carbons (Fsp3) is 0.583. The molecule has 10 nitrogen and oxygen atoms in total. The van der Waals surface area contributed by atoms with E-state index in [1.165, 1.54) is 17.9 Å². The third-order valence-corrected chi connectivity index (χ3v) is 5.08. The average molecular weight is 344 g/mol. The van der Waals surface area contributed by atoms with E-state index >= 15 is 0 Å². The van der Waals surface area contributed by atoms with Crippen LogP contribution in [0.2, 0.25) is 0 Å². The highest BCUT2D eigenvalue weighted by atomic mass is 31.2. The summed E-state index contributed by atoms with van der Waals surface area (Å²) in [6, 6.07) is 0. The number of rotatable bonds is 4. The molecule has 0 bridgehead atoms. The van der Waals surface area contributed by atoms with Crippen LogP contribution < -0.4 is 11.2 Å². The highest BCUT2D eigenvalue weighted by Gasteiger charge is 2.29. The lowest BCUT2D eigenvalue weighted by Gasteiger charge is -2.21. The minimum atomic E-state index is -3.50.